The van der Waals surface area contributed by atoms with E-state index in [1.807, 2.05) is 35.7 Å². The number of thiophene rings is 1. The standard InChI is InChI=1S/C30H30N6O8S2/c1-2-16-13-30(16,28(39)35-46(41,42)18-9-10-18)34-25(37)22-12-17(14-36(22)27(38)21-15-43-29(40)33-21)44-26-24(23-8-5-11-45-23)31-19-6-3-4-7-20(19)32-26/h2-8,11,16-18,21-22H,1,9-10,12-15H2,(H,33,40)(H,34,37)(H,35,39)/t16-,17-,21?,22+,30-/m1/s1. The van der Waals surface area contributed by atoms with Crippen LogP contribution in [0, 0.1) is 5.92 Å². The third kappa shape index (κ3) is 5.55. The number of para-hydroxylation sites is 2. The molecule has 240 valence electrons. The molecule has 2 aromatic heterocycles. The molecular formula is C30H30N6O8S2. The number of carbonyl (C=O) groups excluding carboxylic acids is 4. The van der Waals surface area contributed by atoms with Gasteiger partial charge in [-0.3, -0.25) is 19.1 Å². The van der Waals surface area contributed by atoms with Gasteiger partial charge in [0.25, 0.3) is 5.91 Å². The fraction of sp³-hybridized carbons (Fsp3) is 0.400. The number of nitrogens with one attached hydrogen (secondary N) is 3. The zero-order chi connectivity index (χ0) is 32.2. The monoisotopic (exact) mass is 666 g/mol. The third-order valence-corrected chi connectivity index (χ3v) is 11.3. The molecule has 0 bridgehead atoms. The number of nitrogens with zero attached hydrogens (tertiary/aromatic N) is 3. The fourth-order valence-electron chi connectivity index (χ4n) is 5.91. The molecule has 4 amide bonds. The van der Waals surface area contributed by atoms with Gasteiger partial charge in [0.1, 0.15) is 36.0 Å². The first-order valence-electron chi connectivity index (χ1n) is 14.8. The van der Waals surface area contributed by atoms with E-state index in [1.165, 1.54) is 22.3 Å². The molecule has 14 nitrogen and oxygen atoms in total. The molecule has 2 saturated heterocycles. The molecule has 0 radical (unpaired) electrons. The van der Waals surface area contributed by atoms with Gasteiger partial charge < -0.3 is 25.0 Å². The maximum absolute atomic E-state index is 13.9. The maximum atomic E-state index is 13.9. The largest absolute Gasteiger partial charge is 0.471 e. The minimum atomic E-state index is -3.87. The summed E-state index contributed by atoms with van der Waals surface area (Å²) < 4.78 is 38.5. The second-order valence-electron chi connectivity index (χ2n) is 11.8. The van der Waals surface area contributed by atoms with Crippen LogP contribution in [0.1, 0.15) is 25.7 Å². The number of likely N-dealkylation sites (tertiary alicyclic amines) is 1. The first-order chi connectivity index (χ1) is 22.1. The average molecular weight is 667 g/mol. The van der Waals surface area contributed by atoms with Crippen LogP contribution in [0.5, 0.6) is 5.88 Å². The number of hydrogen-bond donors (Lipinski definition) is 3. The van der Waals surface area contributed by atoms with Gasteiger partial charge >= 0.3 is 6.09 Å². The first-order valence-corrected chi connectivity index (χ1v) is 17.2. The Morgan fingerprint density at radius 1 is 1.15 bits per heavy atom. The van der Waals surface area contributed by atoms with Crippen molar-refractivity contribution in [2.75, 3.05) is 13.2 Å². The number of sulfonamides is 1. The molecule has 4 fully saturated rings. The Morgan fingerprint density at radius 3 is 2.54 bits per heavy atom. The summed E-state index contributed by atoms with van der Waals surface area (Å²) in [6.07, 6.45) is 1.11. The van der Waals surface area contributed by atoms with Crippen molar-refractivity contribution in [2.45, 2.75) is 54.7 Å². The second-order valence-corrected chi connectivity index (χ2v) is 14.7. The van der Waals surface area contributed by atoms with Crippen LogP contribution in [0.2, 0.25) is 0 Å². The Labute approximate surface area is 267 Å². The lowest BCUT2D eigenvalue weighted by atomic mass is 10.1. The van der Waals surface area contributed by atoms with Crippen LogP contribution in [-0.2, 0) is 29.1 Å². The van der Waals surface area contributed by atoms with Crippen molar-refractivity contribution in [1.29, 1.82) is 0 Å². The SMILES string of the molecule is C=C[C@@H]1C[C@]1(NC(=O)[C@@H]1C[C@@H](Oc2nc3ccccc3nc2-c2cccs2)CN1C(=O)C1COC(=O)N1)C(=O)NS(=O)(=O)C1CC1. The molecule has 1 unspecified atom stereocenters. The predicted molar refractivity (Wildman–Crippen MR) is 165 cm³/mol. The van der Waals surface area contributed by atoms with E-state index < -0.39 is 68.7 Å². The molecule has 46 heavy (non-hydrogen) atoms. The molecular weight excluding hydrogens is 636 g/mol. The van der Waals surface area contributed by atoms with Gasteiger partial charge in [-0.25, -0.2) is 23.2 Å². The number of alkyl carbamates (subject to hydrolysis) is 1. The Morgan fingerprint density at radius 2 is 1.91 bits per heavy atom. The van der Waals surface area contributed by atoms with Gasteiger partial charge in [-0.1, -0.05) is 24.3 Å². The summed E-state index contributed by atoms with van der Waals surface area (Å²) in [5.41, 5.74) is 0.247. The van der Waals surface area contributed by atoms with Gasteiger partial charge in [-0.15, -0.1) is 17.9 Å². The van der Waals surface area contributed by atoms with Gasteiger partial charge in [-0.2, -0.15) is 0 Å². The molecule has 4 heterocycles. The molecule has 1 aromatic carbocycles. The van der Waals surface area contributed by atoms with Crippen LogP contribution >= 0.6 is 11.3 Å². The van der Waals surface area contributed by atoms with E-state index in [9.17, 15) is 27.6 Å². The van der Waals surface area contributed by atoms with E-state index >= 15 is 0 Å². The van der Waals surface area contributed by atoms with Crippen molar-refractivity contribution in [1.82, 2.24) is 30.2 Å². The highest BCUT2D eigenvalue weighted by atomic mass is 32.2. The van der Waals surface area contributed by atoms with Crippen LogP contribution in [0.15, 0.2) is 54.4 Å². The zero-order valence-electron chi connectivity index (χ0n) is 24.4. The normalized spacial score (nSPS) is 27.0. The van der Waals surface area contributed by atoms with Crippen LogP contribution in [-0.4, -0.2) is 89.2 Å². The predicted octanol–water partition coefficient (Wildman–Crippen LogP) is 1.48. The van der Waals surface area contributed by atoms with Crippen LogP contribution in [0.25, 0.3) is 21.6 Å². The molecule has 3 aromatic rings. The minimum Gasteiger partial charge on any atom is -0.471 e. The van der Waals surface area contributed by atoms with E-state index in [4.69, 9.17) is 19.4 Å². The van der Waals surface area contributed by atoms with E-state index in [2.05, 4.69) is 21.9 Å². The fourth-order valence-corrected chi connectivity index (χ4v) is 7.98. The second kappa shape index (κ2) is 11.3. The van der Waals surface area contributed by atoms with Crippen LogP contribution in [0.3, 0.4) is 0 Å². The molecule has 7 rings (SSSR count). The smallest absolute Gasteiger partial charge is 0.407 e. The van der Waals surface area contributed by atoms with Gasteiger partial charge in [-0.05, 0) is 42.8 Å². The topological polar surface area (TPSA) is 186 Å². The molecule has 4 aliphatic rings. The van der Waals surface area contributed by atoms with E-state index in [0.717, 1.165) is 4.88 Å². The number of fused-ring (bicyclic) bond motifs is 1. The number of amides is 4. The minimum absolute atomic E-state index is 0.0221. The Kier molecular flexibility index (Phi) is 7.43. The third-order valence-electron chi connectivity index (χ3n) is 8.64. The summed E-state index contributed by atoms with van der Waals surface area (Å²) >= 11 is 1.46. The number of hydrogen-bond acceptors (Lipinski definition) is 11. The van der Waals surface area contributed by atoms with Gasteiger partial charge in [0.15, 0.2) is 0 Å². The van der Waals surface area contributed by atoms with E-state index in [0.29, 0.717) is 29.6 Å². The maximum Gasteiger partial charge on any atom is 0.407 e. The van der Waals surface area contributed by atoms with Crippen molar-refractivity contribution in [3.05, 3.63) is 54.4 Å². The molecule has 2 aliphatic heterocycles. The molecule has 2 aliphatic carbocycles. The number of cyclic esters (lactones) is 1. The number of rotatable bonds is 10. The molecule has 5 atom stereocenters. The summed E-state index contributed by atoms with van der Waals surface area (Å²) in [4.78, 5) is 64.2. The first kappa shape index (κ1) is 30.1. The molecule has 3 N–H and O–H groups in total. The average Bonchev–Trinajstić information content (AvgIpc) is 3.82. The number of carbonyl (C=O) groups is 4. The van der Waals surface area contributed by atoms with Gasteiger partial charge in [0.05, 0.1) is 27.7 Å². The number of aromatic nitrogens is 2. The van der Waals surface area contributed by atoms with Crippen molar-refractivity contribution in [3.63, 3.8) is 0 Å². The highest BCUT2D eigenvalue weighted by Crippen LogP contribution is 2.45. The molecule has 2 saturated carbocycles. The van der Waals surface area contributed by atoms with Gasteiger partial charge in [0.2, 0.25) is 27.7 Å². The molecule has 0 spiro atoms. The Balaban J connectivity index is 1.16. The highest BCUT2D eigenvalue weighted by Gasteiger charge is 2.62. The quantitative estimate of drug-likeness (QED) is 0.268. The Hall–Kier alpha value is -4.57. The van der Waals surface area contributed by atoms with E-state index in [-0.39, 0.29) is 31.9 Å². The zero-order valence-corrected chi connectivity index (χ0v) is 26.0. The van der Waals surface area contributed by atoms with Crippen molar-refractivity contribution in [2.24, 2.45) is 5.92 Å². The van der Waals surface area contributed by atoms with Gasteiger partial charge in [0, 0.05) is 12.3 Å². The summed E-state index contributed by atoms with van der Waals surface area (Å²) in [7, 11) is -3.87. The lowest BCUT2D eigenvalue weighted by Crippen LogP contribution is -2.58. The van der Waals surface area contributed by atoms with Crippen molar-refractivity contribution >= 4 is 56.2 Å². The Bertz CT molecular complexity index is 1860. The summed E-state index contributed by atoms with van der Waals surface area (Å²) in [5, 5.41) is 6.46. The highest BCUT2D eigenvalue weighted by molar-refractivity contribution is 7.91. The van der Waals surface area contributed by atoms with E-state index in [1.54, 1.807) is 6.07 Å². The summed E-state index contributed by atoms with van der Waals surface area (Å²) in [5.74, 6) is -2.36. The lowest BCUT2D eigenvalue weighted by molar-refractivity contribution is -0.141. The molecule has 16 heteroatoms. The van der Waals surface area contributed by atoms with Crippen molar-refractivity contribution in [3.8, 4) is 16.5 Å². The van der Waals surface area contributed by atoms with Crippen LogP contribution in [0.4, 0.5) is 4.79 Å². The lowest BCUT2D eigenvalue weighted by Gasteiger charge is -2.27. The van der Waals surface area contributed by atoms with Crippen LogP contribution < -0.4 is 20.1 Å². The van der Waals surface area contributed by atoms with Crippen molar-refractivity contribution < 1.29 is 37.1 Å². The summed E-state index contributed by atoms with van der Waals surface area (Å²) in [6.45, 7) is 3.48. The number of ether oxygens (including phenoxy) is 2. The number of benzene rings is 1. The summed E-state index contributed by atoms with van der Waals surface area (Å²) in [6, 6.07) is 8.96.